The summed E-state index contributed by atoms with van der Waals surface area (Å²) >= 11 is 0. The first-order chi connectivity index (χ1) is 5.65. The number of carbonyl (C=O) groups is 3. The van der Waals surface area contributed by atoms with E-state index in [0.29, 0.717) is 5.06 Å². The maximum atomic E-state index is 10.7. The van der Waals surface area contributed by atoms with Crippen LogP contribution in [0.25, 0.3) is 0 Å². The first-order valence-corrected chi connectivity index (χ1v) is 2.90. The third-order valence-corrected chi connectivity index (χ3v) is 1.06. The van der Waals surface area contributed by atoms with Crippen LogP contribution >= 0.6 is 0 Å². The molecule has 0 spiro atoms. The fourth-order valence-corrected chi connectivity index (χ4v) is 0.586. The quantitative estimate of drug-likeness (QED) is 0.369. The summed E-state index contributed by atoms with van der Waals surface area (Å²) in [7, 11) is 0. The Morgan fingerprint density at radius 3 is 2.33 bits per heavy atom. The summed E-state index contributed by atoms with van der Waals surface area (Å²) in [6.07, 6.45) is 6.60. The largest absolute Gasteiger partial charge is 0.408 e. The highest BCUT2D eigenvalue weighted by Crippen LogP contribution is 2.03. The molecule has 0 aliphatic carbocycles. The third-order valence-electron chi connectivity index (χ3n) is 1.06. The SMILES string of the molecule is C#CC(=O)ON1C(=O)C=CC1=O. The van der Waals surface area contributed by atoms with E-state index in [4.69, 9.17) is 0 Å². The van der Waals surface area contributed by atoms with Gasteiger partial charge in [-0.15, -0.1) is 6.42 Å². The summed E-state index contributed by atoms with van der Waals surface area (Å²) < 4.78 is 0. The minimum Gasteiger partial charge on any atom is -0.317 e. The molecule has 5 heteroatoms. The molecular formula is C7H3NO4. The number of amides is 2. The highest BCUT2D eigenvalue weighted by molar-refractivity contribution is 6.12. The molecule has 5 nitrogen and oxygen atoms in total. The van der Waals surface area contributed by atoms with Gasteiger partial charge in [0.25, 0.3) is 11.8 Å². The van der Waals surface area contributed by atoms with Gasteiger partial charge in [-0.3, -0.25) is 9.59 Å². The molecule has 1 aliphatic rings. The van der Waals surface area contributed by atoms with E-state index in [-0.39, 0.29) is 0 Å². The Kier molecular flexibility index (Phi) is 1.92. The molecule has 0 saturated carbocycles. The third kappa shape index (κ3) is 1.32. The number of nitrogens with zero attached hydrogens (tertiary/aromatic N) is 1. The normalized spacial score (nSPS) is 14.8. The monoisotopic (exact) mass is 165 g/mol. The molecule has 0 bridgehead atoms. The van der Waals surface area contributed by atoms with Crippen molar-refractivity contribution in [3.05, 3.63) is 12.2 Å². The summed E-state index contributed by atoms with van der Waals surface area (Å²) in [5, 5.41) is 0.294. The molecule has 0 saturated heterocycles. The van der Waals surface area contributed by atoms with Crippen LogP contribution in [-0.2, 0) is 19.2 Å². The van der Waals surface area contributed by atoms with Crippen molar-refractivity contribution < 1.29 is 19.2 Å². The van der Waals surface area contributed by atoms with Crippen molar-refractivity contribution >= 4 is 17.8 Å². The topological polar surface area (TPSA) is 63.7 Å². The molecule has 0 aromatic carbocycles. The summed E-state index contributed by atoms with van der Waals surface area (Å²) in [5.74, 6) is -0.923. The van der Waals surface area contributed by atoms with Crippen LogP contribution in [0.1, 0.15) is 0 Å². The van der Waals surface area contributed by atoms with Crippen LogP contribution in [0.4, 0.5) is 0 Å². The van der Waals surface area contributed by atoms with E-state index in [1.165, 1.54) is 0 Å². The number of terminal acetylenes is 1. The van der Waals surface area contributed by atoms with Gasteiger partial charge in [0, 0.05) is 18.1 Å². The van der Waals surface area contributed by atoms with E-state index in [2.05, 4.69) is 11.3 Å². The van der Waals surface area contributed by atoms with E-state index < -0.39 is 17.8 Å². The van der Waals surface area contributed by atoms with Crippen molar-refractivity contribution in [3.8, 4) is 12.3 Å². The van der Waals surface area contributed by atoms with Gasteiger partial charge in [0.1, 0.15) is 0 Å². The van der Waals surface area contributed by atoms with Crippen LogP contribution < -0.4 is 0 Å². The Bertz CT molecular complexity index is 305. The number of hydrogen-bond donors (Lipinski definition) is 0. The molecular weight excluding hydrogens is 162 g/mol. The van der Waals surface area contributed by atoms with E-state index in [1.807, 2.05) is 0 Å². The first kappa shape index (κ1) is 8.01. The Morgan fingerprint density at radius 2 is 1.92 bits per heavy atom. The molecule has 60 valence electrons. The van der Waals surface area contributed by atoms with Gasteiger partial charge in [0.2, 0.25) is 0 Å². The van der Waals surface area contributed by atoms with Crippen molar-refractivity contribution in [1.29, 1.82) is 0 Å². The Labute approximate surface area is 67.5 Å². The number of hydroxylamine groups is 2. The minimum atomic E-state index is -1.08. The van der Waals surface area contributed by atoms with Gasteiger partial charge in [-0.2, -0.15) is 0 Å². The fraction of sp³-hybridized carbons (Fsp3) is 0. The van der Waals surface area contributed by atoms with Crippen molar-refractivity contribution in [1.82, 2.24) is 5.06 Å². The summed E-state index contributed by atoms with van der Waals surface area (Å²) in [6.45, 7) is 0. The van der Waals surface area contributed by atoms with Crippen molar-refractivity contribution in [3.63, 3.8) is 0 Å². The molecule has 1 aliphatic heterocycles. The Balaban J connectivity index is 2.67. The standard InChI is InChI=1S/C7H3NO4/c1-2-7(11)12-8-5(9)3-4-6(8)10/h1,3-4H. The molecule has 2 amide bonds. The van der Waals surface area contributed by atoms with E-state index in [0.717, 1.165) is 12.2 Å². The first-order valence-electron chi connectivity index (χ1n) is 2.90. The van der Waals surface area contributed by atoms with Crippen molar-refractivity contribution in [2.24, 2.45) is 0 Å². The van der Waals surface area contributed by atoms with Crippen LogP contribution in [-0.4, -0.2) is 22.8 Å². The molecule has 0 aromatic rings. The van der Waals surface area contributed by atoms with Crippen molar-refractivity contribution in [2.45, 2.75) is 0 Å². The second-order valence-corrected chi connectivity index (χ2v) is 1.83. The lowest BCUT2D eigenvalue weighted by molar-refractivity contribution is -0.191. The Hall–Kier alpha value is -2.09. The van der Waals surface area contributed by atoms with Crippen molar-refractivity contribution in [2.75, 3.05) is 0 Å². The summed E-state index contributed by atoms with van der Waals surface area (Å²) in [6, 6.07) is 0. The van der Waals surface area contributed by atoms with Gasteiger partial charge >= 0.3 is 5.97 Å². The predicted octanol–water partition coefficient (Wildman–Crippen LogP) is -0.997. The van der Waals surface area contributed by atoms with Gasteiger partial charge in [-0.25, -0.2) is 4.79 Å². The maximum absolute atomic E-state index is 10.7. The fourth-order valence-electron chi connectivity index (χ4n) is 0.586. The van der Waals surface area contributed by atoms with Crippen LogP contribution in [0.15, 0.2) is 12.2 Å². The molecule has 0 unspecified atom stereocenters. The molecule has 1 heterocycles. The maximum Gasteiger partial charge on any atom is 0.408 e. The highest BCUT2D eigenvalue weighted by atomic mass is 16.7. The van der Waals surface area contributed by atoms with Gasteiger partial charge in [0.05, 0.1) is 0 Å². The molecule has 1 rings (SSSR count). The van der Waals surface area contributed by atoms with Gasteiger partial charge in [-0.05, 0) is 0 Å². The molecule has 0 N–H and O–H groups in total. The van der Waals surface area contributed by atoms with Gasteiger partial charge in [-0.1, -0.05) is 5.06 Å². The summed E-state index contributed by atoms with van der Waals surface area (Å²) in [5.41, 5.74) is 0. The van der Waals surface area contributed by atoms with Crippen LogP contribution in [0.2, 0.25) is 0 Å². The second kappa shape index (κ2) is 2.88. The van der Waals surface area contributed by atoms with E-state index in [1.54, 1.807) is 5.92 Å². The van der Waals surface area contributed by atoms with Gasteiger partial charge in [0.15, 0.2) is 0 Å². The predicted molar refractivity (Wildman–Crippen MR) is 35.9 cm³/mol. The van der Waals surface area contributed by atoms with E-state index >= 15 is 0 Å². The molecule has 0 aromatic heterocycles. The van der Waals surface area contributed by atoms with Crippen LogP contribution in [0.5, 0.6) is 0 Å². The zero-order valence-corrected chi connectivity index (χ0v) is 5.81. The summed E-state index contributed by atoms with van der Waals surface area (Å²) in [4.78, 5) is 36.0. The second-order valence-electron chi connectivity index (χ2n) is 1.83. The lowest BCUT2D eigenvalue weighted by Crippen LogP contribution is -2.32. The average molecular weight is 165 g/mol. The smallest absolute Gasteiger partial charge is 0.317 e. The molecule has 0 fully saturated rings. The van der Waals surface area contributed by atoms with Crippen LogP contribution in [0, 0.1) is 12.3 Å². The zero-order chi connectivity index (χ0) is 9.14. The number of rotatable bonds is 1. The minimum absolute atomic E-state index is 0.294. The van der Waals surface area contributed by atoms with Gasteiger partial charge < -0.3 is 4.84 Å². The number of carbonyl (C=O) groups excluding carboxylic acids is 3. The van der Waals surface area contributed by atoms with Crippen LogP contribution in [0.3, 0.4) is 0 Å². The van der Waals surface area contributed by atoms with E-state index in [9.17, 15) is 14.4 Å². The number of imide groups is 1. The number of hydrogen-bond acceptors (Lipinski definition) is 4. The zero-order valence-electron chi connectivity index (χ0n) is 5.81. The Morgan fingerprint density at radius 1 is 1.42 bits per heavy atom. The molecule has 0 atom stereocenters. The lowest BCUT2D eigenvalue weighted by Gasteiger charge is -2.09. The lowest BCUT2D eigenvalue weighted by atomic mass is 10.6. The molecule has 0 radical (unpaired) electrons. The molecule has 12 heavy (non-hydrogen) atoms. The average Bonchev–Trinajstić information content (AvgIpc) is 2.35. The highest BCUT2D eigenvalue weighted by Gasteiger charge is 2.27.